The Morgan fingerprint density at radius 3 is 2.36 bits per heavy atom. The van der Waals surface area contributed by atoms with E-state index >= 15 is 0 Å². The number of nitrogens with two attached hydrogens (primary N) is 1. The summed E-state index contributed by atoms with van der Waals surface area (Å²) in [5.41, 5.74) is 6.73. The van der Waals surface area contributed by atoms with Crippen LogP contribution in [-0.4, -0.2) is 37.0 Å². The number of nitrogens with one attached hydrogen (secondary N) is 4. The van der Waals surface area contributed by atoms with Gasteiger partial charge >= 0.3 is 6.03 Å². The summed E-state index contributed by atoms with van der Waals surface area (Å²) in [4.78, 5) is 34.4. The van der Waals surface area contributed by atoms with Crippen molar-refractivity contribution >= 4 is 35.9 Å². The number of amides is 4. The topological polar surface area (TPSA) is 125 Å². The lowest BCUT2D eigenvalue weighted by Crippen LogP contribution is -2.40. The third-order valence-corrected chi connectivity index (χ3v) is 3.59. The molecule has 0 spiro atoms. The van der Waals surface area contributed by atoms with Gasteiger partial charge in [0.05, 0.1) is 19.1 Å². The Labute approximate surface area is 152 Å². The summed E-state index contributed by atoms with van der Waals surface area (Å²) in [5.74, 6) is -0.673. The largest absolute Gasteiger partial charge is 0.348 e. The molecule has 9 heteroatoms. The van der Waals surface area contributed by atoms with Gasteiger partial charge in [0, 0.05) is 11.7 Å². The Bertz CT molecular complexity index is 604. The minimum Gasteiger partial charge on any atom is -0.348 e. The second-order valence-electron chi connectivity index (χ2n) is 5.76. The quantitative estimate of drug-likeness (QED) is 0.483. The highest BCUT2D eigenvalue weighted by Crippen LogP contribution is 2.19. The van der Waals surface area contributed by atoms with E-state index in [0.29, 0.717) is 11.7 Å². The van der Waals surface area contributed by atoms with Gasteiger partial charge in [-0.1, -0.05) is 12.1 Å². The average molecular weight is 370 g/mol. The zero-order valence-electron chi connectivity index (χ0n) is 14.0. The summed E-state index contributed by atoms with van der Waals surface area (Å²) in [6, 6.07) is 7.09. The van der Waals surface area contributed by atoms with Gasteiger partial charge in [0.15, 0.2) is 0 Å². The summed E-state index contributed by atoms with van der Waals surface area (Å²) in [6.45, 7) is 1.58. The molecule has 1 unspecified atom stereocenters. The fraction of sp³-hybridized carbons (Fsp3) is 0.438. The number of hydrogen-bond acceptors (Lipinski definition) is 4. The van der Waals surface area contributed by atoms with Crippen LogP contribution < -0.4 is 27.0 Å². The first-order valence-electron chi connectivity index (χ1n) is 7.91. The molecule has 0 bridgehead atoms. The number of rotatable bonds is 7. The van der Waals surface area contributed by atoms with Crippen LogP contribution >= 0.6 is 12.4 Å². The van der Waals surface area contributed by atoms with Crippen molar-refractivity contribution in [2.24, 2.45) is 5.73 Å². The van der Waals surface area contributed by atoms with Crippen molar-refractivity contribution in [2.75, 3.05) is 18.4 Å². The van der Waals surface area contributed by atoms with E-state index in [9.17, 15) is 14.4 Å². The number of halogens is 1. The van der Waals surface area contributed by atoms with E-state index in [1.807, 2.05) is 19.1 Å². The van der Waals surface area contributed by atoms with Crippen LogP contribution in [0.5, 0.6) is 0 Å². The van der Waals surface area contributed by atoms with Crippen molar-refractivity contribution in [3.8, 4) is 0 Å². The minimum absolute atomic E-state index is 0. The lowest BCUT2D eigenvalue weighted by atomic mass is 10.1. The van der Waals surface area contributed by atoms with Crippen LogP contribution in [0.3, 0.4) is 0 Å². The molecule has 8 nitrogen and oxygen atoms in total. The number of carbonyl (C=O) groups is 3. The van der Waals surface area contributed by atoms with E-state index in [-0.39, 0.29) is 49.4 Å². The zero-order chi connectivity index (χ0) is 17.5. The number of benzene rings is 1. The molecule has 25 heavy (non-hydrogen) atoms. The molecular formula is C16H24ClN5O3. The lowest BCUT2D eigenvalue weighted by molar-refractivity contribution is -0.125. The van der Waals surface area contributed by atoms with Gasteiger partial charge in [-0.15, -0.1) is 12.4 Å². The minimum atomic E-state index is -0.377. The molecule has 1 aliphatic carbocycles. The smallest absolute Gasteiger partial charge is 0.319 e. The molecule has 1 fully saturated rings. The average Bonchev–Trinajstić information content (AvgIpc) is 3.36. The van der Waals surface area contributed by atoms with Gasteiger partial charge in [-0.05, 0) is 37.5 Å². The van der Waals surface area contributed by atoms with E-state index in [2.05, 4.69) is 21.3 Å². The second-order valence-corrected chi connectivity index (χ2v) is 5.76. The molecule has 0 saturated heterocycles. The predicted octanol–water partition coefficient (Wildman–Crippen LogP) is 0.644. The summed E-state index contributed by atoms with van der Waals surface area (Å²) in [7, 11) is 0. The summed E-state index contributed by atoms with van der Waals surface area (Å²) in [5, 5.41) is 10.8. The molecule has 1 aromatic rings. The van der Waals surface area contributed by atoms with Gasteiger partial charge in [-0.2, -0.15) is 0 Å². The molecule has 1 saturated carbocycles. The van der Waals surface area contributed by atoms with Crippen LogP contribution in [0.15, 0.2) is 24.3 Å². The van der Waals surface area contributed by atoms with Crippen molar-refractivity contribution in [3.63, 3.8) is 0 Å². The maximum Gasteiger partial charge on any atom is 0.319 e. The van der Waals surface area contributed by atoms with Gasteiger partial charge in [-0.25, -0.2) is 4.79 Å². The van der Waals surface area contributed by atoms with Crippen LogP contribution in [0.25, 0.3) is 0 Å². The third-order valence-electron chi connectivity index (χ3n) is 3.59. The molecule has 0 aromatic heterocycles. The Hall–Kier alpha value is -2.32. The lowest BCUT2D eigenvalue weighted by Gasteiger charge is -2.15. The van der Waals surface area contributed by atoms with Gasteiger partial charge in [0.25, 0.3) is 0 Å². The highest BCUT2D eigenvalue weighted by molar-refractivity contribution is 5.89. The summed E-state index contributed by atoms with van der Waals surface area (Å²) in [6.07, 6.45) is 2.07. The Kier molecular flexibility index (Phi) is 8.17. The maximum absolute atomic E-state index is 11.7. The van der Waals surface area contributed by atoms with Crippen molar-refractivity contribution in [1.82, 2.24) is 16.0 Å². The summed E-state index contributed by atoms with van der Waals surface area (Å²) >= 11 is 0. The molecule has 0 radical (unpaired) electrons. The normalized spacial score (nSPS) is 13.8. The first kappa shape index (κ1) is 20.7. The zero-order valence-corrected chi connectivity index (χ0v) is 14.8. The molecule has 6 N–H and O–H groups in total. The Balaban J connectivity index is 0.00000312. The first-order valence-corrected chi connectivity index (χ1v) is 7.91. The first-order chi connectivity index (χ1) is 11.5. The van der Waals surface area contributed by atoms with Crippen LogP contribution in [0.4, 0.5) is 10.5 Å². The number of anilines is 1. The fourth-order valence-electron chi connectivity index (χ4n) is 2.06. The molecule has 1 atom stereocenters. The Morgan fingerprint density at radius 2 is 1.80 bits per heavy atom. The standard InChI is InChI=1S/C16H23N5O3.ClH/c1-10(19-15(23)9-18-14(22)8-17)11-2-4-12(5-3-11)20-16(24)21-13-6-7-13;/h2-5,10,13H,6-9,17H2,1H3,(H,18,22)(H,19,23)(H2,20,21,24);1H. The van der Waals surface area contributed by atoms with E-state index in [0.717, 1.165) is 18.4 Å². The summed E-state index contributed by atoms with van der Waals surface area (Å²) < 4.78 is 0. The van der Waals surface area contributed by atoms with E-state index in [4.69, 9.17) is 5.73 Å². The van der Waals surface area contributed by atoms with Gasteiger partial charge in [0.1, 0.15) is 0 Å². The van der Waals surface area contributed by atoms with E-state index in [1.54, 1.807) is 12.1 Å². The second kappa shape index (κ2) is 9.85. The van der Waals surface area contributed by atoms with Crippen LogP contribution in [0, 0.1) is 0 Å². The molecular weight excluding hydrogens is 346 g/mol. The Morgan fingerprint density at radius 1 is 1.16 bits per heavy atom. The highest BCUT2D eigenvalue weighted by Gasteiger charge is 2.23. The van der Waals surface area contributed by atoms with Crippen LogP contribution in [0.2, 0.25) is 0 Å². The molecule has 138 valence electrons. The van der Waals surface area contributed by atoms with Gasteiger partial charge in [0.2, 0.25) is 11.8 Å². The van der Waals surface area contributed by atoms with Crippen molar-refractivity contribution < 1.29 is 14.4 Å². The van der Waals surface area contributed by atoms with Gasteiger partial charge < -0.3 is 27.0 Å². The van der Waals surface area contributed by atoms with E-state index in [1.165, 1.54) is 0 Å². The van der Waals surface area contributed by atoms with E-state index < -0.39 is 0 Å². The van der Waals surface area contributed by atoms with Crippen molar-refractivity contribution in [1.29, 1.82) is 0 Å². The van der Waals surface area contributed by atoms with Crippen LogP contribution in [0.1, 0.15) is 31.4 Å². The molecule has 1 aliphatic rings. The highest BCUT2D eigenvalue weighted by atomic mass is 35.5. The predicted molar refractivity (Wildman–Crippen MR) is 97.5 cm³/mol. The van der Waals surface area contributed by atoms with Crippen LogP contribution in [-0.2, 0) is 9.59 Å². The van der Waals surface area contributed by atoms with Crippen molar-refractivity contribution in [2.45, 2.75) is 31.8 Å². The number of hydrogen-bond donors (Lipinski definition) is 5. The maximum atomic E-state index is 11.7. The molecule has 0 heterocycles. The number of urea groups is 1. The van der Waals surface area contributed by atoms with Crippen molar-refractivity contribution in [3.05, 3.63) is 29.8 Å². The molecule has 4 amide bonds. The number of carbonyl (C=O) groups excluding carboxylic acids is 3. The third kappa shape index (κ3) is 7.40. The molecule has 1 aromatic carbocycles. The fourth-order valence-corrected chi connectivity index (χ4v) is 2.06. The monoisotopic (exact) mass is 369 g/mol. The molecule has 2 rings (SSSR count). The van der Waals surface area contributed by atoms with Gasteiger partial charge in [-0.3, -0.25) is 9.59 Å². The SMILES string of the molecule is CC(NC(=O)CNC(=O)CN)c1ccc(NC(=O)NC2CC2)cc1.Cl. The molecule has 0 aliphatic heterocycles.